The summed E-state index contributed by atoms with van der Waals surface area (Å²) < 4.78 is 0. The topological polar surface area (TPSA) is 12.0 Å². The number of halogens is 1. The molecule has 0 unspecified atom stereocenters. The normalized spacial score (nSPS) is 24.7. The average Bonchev–Trinajstić information content (AvgIpc) is 2.29. The van der Waals surface area contributed by atoms with Gasteiger partial charge in [0.15, 0.2) is 0 Å². The van der Waals surface area contributed by atoms with E-state index in [4.69, 9.17) is 0 Å². The van der Waals surface area contributed by atoms with Gasteiger partial charge in [-0.3, -0.25) is 0 Å². The molecule has 17 heavy (non-hydrogen) atoms. The van der Waals surface area contributed by atoms with Crippen molar-refractivity contribution in [3.8, 4) is 0 Å². The minimum Gasteiger partial charge on any atom is -0.314 e. The molecule has 0 aromatic carbocycles. The summed E-state index contributed by atoms with van der Waals surface area (Å²) in [4.78, 5) is 0. The minimum absolute atomic E-state index is 0. The summed E-state index contributed by atoms with van der Waals surface area (Å²) in [5, 5.41) is 3.86. The van der Waals surface area contributed by atoms with Crippen LogP contribution in [0.15, 0.2) is 0 Å². The lowest BCUT2D eigenvalue weighted by molar-refractivity contribution is 0.307. The van der Waals surface area contributed by atoms with Crippen LogP contribution in [-0.2, 0) is 0 Å². The first kappa shape index (κ1) is 15.3. The van der Waals surface area contributed by atoms with Crippen LogP contribution >= 0.6 is 12.4 Å². The van der Waals surface area contributed by atoms with Crippen molar-refractivity contribution < 1.29 is 0 Å². The zero-order chi connectivity index (χ0) is 11.1. The smallest absolute Gasteiger partial charge is 0.00671 e. The molecule has 0 atom stereocenters. The van der Waals surface area contributed by atoms with Crippen LogP contribution in [0.2, 0.25) is 0 Å². The zero-order valence-corrected chi connectivity index (χ0v) is 12.1. The van der Waals surface area contributed by atoms with Gasteiger partial charge in [0.1, 0.15) is 0 Å². The third kappa shape index (κ3) is 6.10. The zero-order valence-electron chi connectivity index (χ0n) is 11.3. The maximum Gasteiger partial charge on any atom is 0.00671 e. The molecule has 0 aliphatic heterocycles. The average molecular weight is 260 g/mol. The predicted octanol–water partition coefficient (Wildman–Crippen LogP) is 4.69. The van der Waals surface area contributed by atoms with Crippen LogP contribution in [0.3, 0.4) is 0 Å². The summed E-state index contributed by atoms with van der Waals surface area (Å²) in [6, 6.07) is 0.849. The molecule has 0 spiro atoms. The van der Waals surface area contributed by atoms with Gasteiger partial charge in [-0.2, -0.15) is 0 Å². The first-order valence-corrected chi connectivity index (χ1v) is 7.68. The Kier molecular flexibility index (Phi) is 8.30. The van der Waals surface area contributed by atoms with Gasteiger partial charge >= 0.3 is 0 Å². The SMILES string of the molecule is C1CCCC(NCC2CCCCC2)CCC1.Cl. The summed E-state index contributed by atoms with van der Waals surface area (Å²) >= 11 is 0. The molecule has 2 fully saturated rings. The number of rotatable bonds is 3. The second kappa shape index (κ2) is 9.22. The Balaban J connectivity index is 0.00000144. The van der Waals surface area contributed by atoms with Crippen molar-refractivity contribution >= 4 is 12.4 Å². The Morgan fingerprint density at radius 1 is 0.647 bits per heavy atom. The Labute approximate surface area is 114 Å². The molecule has 2 rings (SSSR count). The van der Waals surface area contributed by atoms with Crippen molar-refractivity contribution in [2.45, 2.75) is 83.1 Å². The maximum atomic E-state index is 3.86. The van der Waals surface area contributed by atoms with E-state index >= 15 is 0 Å². The molecule has 0 bridgehead atoms. The highest BCUT2D eigenvalue weighted by molar-refractivity contribution is 5.85. The van der Waals surface area contributed by atoms with Gasteiger partial charge in [0.2, 0.25) is 0 Å². The fourth-order valence-electron chi connectivity index (χ4n) is 3.38. The molecule has 0 radical (unpaired) electrons. The van der Waals surface area contributed by atoms with Gasteiger partial charge in [0.25, 0.3) is 0 Å². The third-order valence-corrected chi connectivity index (χ3v) is 4.53. The molecule has 0 amide bonds. The van der Waals surface area contributed by atoms with E-state index < -0.39 is 0 Å². The van der Waals surface area contributed by atoms with E-state index in [0.717, 1.165) is 12.0 Å². The molecular formula is C15H30ClN. The second-order valence-corrected chi connectivity index (χ2v) is 5.95. The molecule has 0 saturated heterocycles. The van der Waals surface area contributed by atoms with Crippen LogP contribution in [0.25, 0.3) is 0 Å². The van der Waals surface area contributed by atoms with Gasteiger partial charge in [0.05, 0.1) is 0 Å². The number of hydrogen-bond donors (Lipinski definition) is 1. The van der Waals surface area contributed by atoms with Gasteiger partial charge in [-0.15, -0.1) is 12.4 Å². The summed E-state index contributed by atoms with van der Waals surface area (Å²) in [6.07, 6.45) is 17.6. The number of nitrogens with one attached hydrogen (secondary N) is 1. The van der Waals surface area contributed by atoms with Crippen molar-refractivity contribution in [2.24, 2.45) is 5.92 Å². The van der Waals surface area contributed by atoms with Crippen molar-refractivity contribution in [2.75, 3.05) is 6.54 Å². The van der Waals surface area contributed by atoms with E-state index in [1.807, 2.05) is 0 Å². The molecule has 0 aromatic heterocycles. The first-order chi connectivity index (χ1) is 7.95. The van der Waals surface area contributed by atoms with Crippen molar-refractivity contribution in [1.29, 1.82) is 0 Å². The Bertz CT molecular complexity index is 170. The summed E-state index contributed by atoms with van der Waals surface area (Å²) in [7, 11) is 0. The molecule has 1 N–H and O–H groups in total. The Morgan fingerprint density at radius 2 is 1.12 bits per heavy atom. The third-order valence-electron chi connectivity index (χ3n) is 4.53. The van der Waals surface area contributed by atoms with E-state index in [0.29, 0.717) is 0 Å². The minimum atomic E-state index is 0. The van der Waals surface area contributed by atoms with E-state index in [1.54, 1.807) is 0 Å². The predicted molar refractivity (Wildman–Crippen MR) is 77.9 cm³/mol. The Hall–Kier alpha value is 0.250. The van der Waals surface area contributed by atoms with Crippen LogP contribution in [-0.4, -0.2) is 12.6 Å². The maximum absolute atomic E-state index is 3.86. The van der Waals surface area contributed by atoms with Gasteiger partial charge < -0.3 is 5.32 Å². The molecule has 1 nitrogen and oxygen atoms in total. The molecule has 102 valence electrons. The lowest BCUT2D eigenvalue weighted by atomic mass is 9.88. The van der Waals surface area contributed by atoms with Crippen LogP contribution in [0.4, 0.5) is 0 Å². The van der Waals surface area contributed by atoms with Crippen LogP contribution in [0, 0.1) is 5.92 Å². The van der Waals surface area contributed by atoms with Crippen molar-refractivity contribution in [3.63, 3.8) is 0 Å². The lowest BCUT2D eigenvalue weighted by Gasteiger charge is -2.26. The second-order valence-electron chi connectivity index (χ2n) is 5.95. The monoisotopic (exact) mass is 259 g/mol. The first-order valence-electron chi connectivity index (χ1n) is 7.68. The van der Waals surface area contributed by atoms with E-state index in [9.17, 15) is 0 Å². The van der Waals surface area contributed by atoms with E-state index in [-0.39, 0.29) is 12.4 Å². The largest absolute Gasteiger partial charge is 0.314 e. The molecular weight excluding hydrogens is 230 g/mol. The molecule has 2 aliphatic rings. The summed E-state index contributed by atoms with van der Waals surface area (Å²) in [5.74, 6) is 0.999. The summed E-state index contributed by atoms with van der Waals surface area (Å²) in [5.41, 5.74) is 0. The highest BCUT2D eigenvalue weighted by Crippen LogP contribution is 2.24. The molecule has 2 saturated carbocycles. The molecule has 2 heteroatoms. The highest BCUT2D eigenvalue weighted by Gasteiger charge is 2.16. The van der Waals surface area contributed by atoms with Gasteiger partial charge in [-0.25, -0.2) is 0 Å². The van der Waals surface area contributed by atoms with Crippen molar-refractivity contribution in [1.82, 2.24) is 5.32 Å². The lowest BCUT2D eigenvalue weighted by Crippen LogP contribution is -2.34. The molecule has 0 heterocycles. The van der Waals surface area contributed by atoms with Crippen LogP contribution < -0.4 is 5.32 Å². The fourth-order valence-corrected chi connectivity index (χ4v) is 3.38. The van der Waals surface area contributed by atoms with Gasteiger partial charge in [-0.05, 0) is 38.1 Å². The quantitative estimate of drug-likeness (QED) is 0.775. The van der Waals surface area contributed by atoms with Gasteiger partial charge in [0, 0.05) is 6.04 Å². The standard InChI is InChI=1S/C15H29N.ClH/c1-2-7-11-15(12-8-3-1)16-13-14-9-5-4-6-10-14;/h14-16H,1-13H2;1H. The van der Waals surface area contributed by atoms with Crippen LogP contribution in [0.1, 0.15) is 77.0 Å². The Morgan fingerprint density at radius 3 is 1.76 bits per heavy atom. The van der Waals surface area contributed by atoms with Crippen molar-refractivity contribution in [3.05, 3.63) is 0 Å². The summed E-state index contributed by atoms with van der Waals surface area (Å²) in [6.45, 7) is 1.31. The van der Waals surface area contributed by atoms with Gasteiger partial charge in [-0.1, -0.05) is 51.4 Å². The number of hydrogen-bond acceptors (Lipinski definition) is 1. The molecule has 0 aromatic rings. The van der Waals surface area contributed by atoms with Crippen LogP contribution in [0.5, 0.6) is 0 Å². The fraction of sp³-hybridized carbons (Fsp3) is 1.00. The van der Waals surface area contributed by atoms with E-state index in [1.165, 1.54) is 83.6 Å². The van der Waals surface area contributed by atoms with E-state index in [2.05, 4.69) is 5.32 Å². The molecule has 2 aliphatic carbocycles. The highest BCUT2D eigenvalue weighted by atomic mass is 35.5.